The third-order valence-corrected chi connectivity index (χ3v) is 3.79. The van der Waals surface area contributed by atoms with Gasteiger partial charge in [-0.25, -0.2) is 13.4 Å². The minimum absolute atomic E-state index is 0.0930. The van der Waals surface area contributed by atoms with E-state index in [0.29, 0.717) is 11.6 Å². The fourth-order valence-electron chi connectivity index (χ4n) is 2.03. The Kier molecular flexibility index (Phi) is 4.70. The fourth-order valence-corrected chi connectivity index (χ4v) is 2.59. The Hall–Kier alpha value is -2.02. The summed E-state index contributed by atoms with van der Waals surface area (Å²) in [6.45, 7) is 8.14. The molecule has 0 aliphatic rings. The Morgan fingerprint density at radius 3 is 2.43 bits per heavy atom. The van der Waals surface area contributed by atoms with Crippen LogP contribution < -0.4 is 10.0 Å². The molecule has 0 unspecified atom stereocenters. The van der Waals surface area contributed by atoms with E-state index >= 15 is 0 Å². The smallest absolute Gasteiger partial charge is 0.229 e. The maximum Gasteiger partial charge on any atom is 0.229 e. The second-order valence-electron chi connectivity index (χ2n) is 6.63. The van der Waals surface area contributed by atoms with Crippen LogP contribution >= 0.6 is 0 Å². The van der Waals surface area contributed by atoms with Gasteiger partial charge in [-0.1, -0.05) is 26.8 Å². The van der Waals surface area contributed by atoms with Gasteiger partial charge in [0.25, 0.3) is 0 Å². The lowest BCUT2D eigenvalue weighted by molar-refractivity contribution is 0.374. The molecule has 2 N–H and O–H groups in total. The highest BCUT2D eigenvalue weighted by atomic mass is 32.2. The van der Waals surface area contributed by atoms with Gasteiger partial charge in [-0.05, 0) is 25.1 Å². The van der Waals surface area contributed by atoms with E-state index in [0.717, 1.165) is 17.7 Å². The topological polar surface area (TPSA) is 84.2 Å². The van der Waals surface area contributed by atoms with Gasteiger partial charge in [0.05, 0.1) is 18.1 Å². The summed E-state index contributed by atoms with van der Waals surface area (Å²) >= 11 is 0. The molecule has 0 spiro atoms. The lowest BCUT2D eigenvalue weighted by Crippen LogP contribution is -2.11. The van der Waals surface area contributed by atoms with Gasteiger partial charge < -0.3 is 9.73 Å². The van der Waals surface area contributed by atoms with Crippen molar-refractivity contribution in [1.82, 2.24) is 4.98 Å². The molecule has 1 aromatic carbocycles. The van der Waals surface area contributed by atoms with Gasteiger partial charge in [-0.3, -0.25) is 4.72 Å². The highest BCUT2D eigenvalue weighted by Crippen LogP contribution is 2.27. The van der Waals surface area contributed by atoms with Crippen molar-refractivity contribution in [2.45, 2.75) is 39.2 Å². The molecular weight excluding hydrogens is 314 g/mol. The molecule has 0 radical (unpaired) electrons. The normalized spacial score (nSPS) is 13.6. The van der Waals surface area contributed by atoms with Crippen molar-refractivity contribution in [3.63, 3.8) is 0 Å². The maximum atomic E-state index is 11.3. The minimum Gasteiger partial charge on any atom is -0.443 e. The molecule has 0 bridgehead atoms. The number of anilines is 2. The summed E-state index contributed by atoms with van der Waals surface area (Å²) < 4.78 is 30.9. The van der Waals surface area contributed by atoms with Crippen molar-refractivity contribution >= 4 is 21.4 Å². The van der Waals surface area contributed by atoms with Crippen molar-refractivity contribution in [3.05, 3.63) is 42.1 Å². The number of nitrogens with zero attached hydrogens (tertiary/aromatic N) is 1. The zero-order valence-electron chi connectivity index (χ0n) is 14.0. The molecule has 0 fully saturated rings. The summed E-state index contributed by atoms with van der Waals surface area (Å²) in [5.74, 6) is 1.42. The zero-order valence-corrected chi connectivity index (χ0v) is 14.9. The molecule has 1 atom stereocenters. The summed E-state index contributed by atoms with van der Waals surface area (Å²) in [6.07, 6.45) is 2.87. The van der Waals surface area contributed by atoms with E-state index in [1.165, 1.54) is 0 Å². The van der Waals surface area contributed by atoms with Crippen molar-refractivity contribution in [2.75, 3.05) is 16.3 Å². The monoisotopic (exact) mass is 337 g/mol. The molecule has 0 aliphatic carbocycles. The molecule has 0 saturated heterocycles. The highest BCUT2D eigenvalue weighted by Gasteiger charge is 2.21. The Balaban J connectivity index is 2.12. The quantitative estimate of drug-likeness (QED) is 0.872. The van der Waals surface area contributed by atoms with Crippen LogP contribution in [0.4, 0.5) is 11.4 Å². The van der Waals surface area contributed by atoms with E-state index in [1.807, 2.05) is 13.0 Å². The van der Waals surface area contributed by atoms with Crippen LogP contribution in [-0.2, 0) is 15.4 Å². The average molecular weight is 337 g/mol. The minimum atomic E-state index is -3.30. The molecule has 0 amide bonds. The summed E-state index contributed by atoms with van der Waals surface area (Å²) in [5.41, 5.74) is 1.19. The van der Waals surface area contributed by atoms with Crippen LogP contribution in [0.3, 0.4) is 0 Å². The number of oxazole rings is 1. The van der Waals surface area contributed by atoms with Gasteiger partial charge in [-0.15, -0.1) is 0 Å². The number of rotatable bonds is 5. The molecule has 0 saturated carbocycles. The van der Waals surface area contributed by atoms with Gasteiger partial charge in [0, 0.05) is 11.1 Å². The van der Waals surface area contributed by atoms with Gasteiger partial charge in [0.1, 0.15) is 11.8 Å². The molecule has 126 valence electrons. The fraction of sp³-hybridized carbons (Fsp3) is 0.438. The van der Waals surface area contributed by atoms with Crippen LogP contribution in [0.2, 0.25) is 0 Å². The second kappa shape index (κ2) is 6.23. The van der Waals surface area contributed by atoms with Crippen molar-refractivity contribution in [1.29, 1.82) is 0 Å². The summed E-state index contributed by atoms with van der Waals surface area (Å²) in [7, 11) is -3.30. The maximum absolute atomic E-state index is 11.3. The predicted octanol–water partition coefficient (Wildman–Crippen LogP) is 3.52. The van der Waals surface area contributed by atoms with E-state index in [2.05, 4.69) is 35.8 Å². The third-order valence-electron chi connectivity index (χ3n) is 3.18. The second-order valence-corrected chi connectivity index (χ2v) is 8.38. The average Bonchev–Trinajstić information content (AvgIpc) is 2.86. The Morgan fingerprint density at radius 2 is 1.87 bits per heavy atom. The van der Waals surface area contributed by atoms with E-state index < -0.39 is 10.0 Å². The summed E-state index contributed by atoms with van der Waals surface area (Å²) in [6, 6.07) is 6.92. The number of nitrogens with one attached hydrogen (secondary N) is 2. The van der Waals surface area contributed by atoms with Crippen molar-refractivity contribution in [2.24, 2.45) is 0 Å². The Labute approximate surface area is 137 Å². The number of aromatic nitrogens is 1. The number of hydrogen-bond donors (Lipinski definition) is 2. The first-order valence-electron chi connectivity index (χ1n) is 7.35. The zero-order chi connectivity index (χ0) is 17.3. The lowest BCUT2D eigenvalue weighted by atomic mass is 9.94. The van der Waals surface area contributed by atoms with Crippen molar-refractivity contribution < 1.29 is 12.8 Å². The summed E-state index contributed by atoms with van der Waals surface area (Å²) in [5, 5.41) is 3.26. The first-order chi connectivity index (χ1) is 10.5. The van der Waals surface area contributed by atoms with Crippen LogP contribution in [0.5, 0.6) is 0 Å². The van der Waals surface area contributed by atoms with Crippen LogP contribution in [-0.4, -0.2) is 19.7 Å². The summed E-state index contributed by atoms with van der Waals surface area (Å²) in [4.78, 5) is 4.32. The number of hydrogen-bond acceptors (Lipinski definition) is 5. The lowest BCUT2D eigenvalue weighted by Gasteiger charge is -2.15. The number of benzene rings is 1. The highest BCUT2D eigenvalue weighted by molar-refractivity contribution is 7.92. The molecule has 6 nitrogen and oxygen atoms in total. The van der Waals surface area contributed by atoms with Crippen LogP contribution in [0.25, 0.3) is 0 Å². The van der Waals surface area contributed by atoms with Gasteiger partial charge >= 0.3 is 0 Å². The van der Waals surface area contributed by atoms with E-state index in [-0.39, 0.29) is 11.5 Å². The molecule has 1 aromatic heterocycles. The molecule has 0 aliphatic heterocycles. The molecule has 1 heterocycles. The molecule has 7 heteroatoms. The largest absolute Gasteiger partial charge is 0.443 e. The first-order valence-corrected chi connectivity index (χ1v) is 9.24. The van der Waals surface area contributed by atoms with Gasteiger partial charge in [0.15, 0.2) is 0 Å². The number of sulfonamides is 1. The van der Waals surface area contributed by atoms with Crippen molar-refractivity contribution in [3.8, 4) is 0 Å². The van der Waals surface area contributed by atoms with Crippen LogP contribution in [0.1, 0.15) is 45.4 Å². The first kappa shape index (κ1) is 17.3. The Bertz CT molecular complexity index is 776. The van der Waals surface area contributed by atoms with E-state index in [9.17, 15) is 8.42 Å². The van der Waals surface area contributed by atoms with E-state index in [4.69, 9.17) is 4.42 Å². The van der Waals surface area contributed by atoms with Crippen LogP contribution in [0.15, 0.2) is 34.9 Å². The third kappa shape index (κ3) is 4.99. The molecule has 2 aromatic rings. The molecular formula is C16H23N3O3S. The predicted molar refractivity (Wildman–Crippen MR) is 92.1 cm³/mol. The van der Waals surface area contributed by atoms with Gasteiger partial charge in [-0.2, -0.15) is 0 Å². The Morgan fingerprint density at radius 1 is 1.22 bits per heavy atom. The molecule has 23 heavy (non-hydrogen) atoms. The van der Waals surface area contributed by atoms with Crippen LogP contribution in [0, 0.1) is 0 Å². The standard InChI is InChI=1S/C16H23N3O3S/c1-11(15-17-10-14(22-15)16(2,3)4)18-12-7-6-8-13(9-12)19-23(5,20)21/h6-11,18-19H,1-5H3/t11-/m0/s1. The molecule has 2 rings (SSSR count). The SMILES string of the molecule is C[C@H](Nc1cccc(NS(C)(=O)=O)c1)c1ncc(C(C)(C)C)o1. The van der Waals surface area contributed by atoms with Gasteiger partial charge in [0.2, 0.25) is 15.9 Å². The van der Waals surface area contributed by atoms with E-state index in [1.54, 1.807) is 24.4 Å².